The number of ether oxygens (including phenoxy) is 1. The molecule has 0 bridgehead atoms. The molecule has 2 fully saturated rings. The van der Waals surface area contributed by atoms with Crippen LogP contribution in [0.15, 0.2) is 42.5 Å². The summed E-state index contributed by atoms with van der Waals surface area (Å²) in [4.78, 5) is 48.6. The number of methoxy groups -OCH3 is 1. The van der Waals surface area contributed by atoms with Gasteiger partial charge in [0, 0.05) is 19.5 Å². The lowest BCUT2D eigenvalue weighted by Gasteiger charge is -2.46. The van der Waals surface area contributed by atoms with Crippen molar-refractivity contribution in [2.24, 2.45) is 0 Å². The molecule has 5 rings (SSSR count). The van der Waals surface area contributed by atoms with Crippen LogP contribution in [0.1, 0.15) is 30.9 Å². The van der Waals surface area contributed by atoms with Gasteiger partial charge in [-0.05, 0) is 35.7 Å². The molecule has 2 aliphatic heterocycles. The maximum absolute atomic E-state index is 14.1. The van der Waals surface area contributed by atoms with E-state index >= 15 is 0 Å². The number of nitrogen functional groups attached to an aromatic ring is 1. The monoisotopic (exact) mass is 590 g/mol. The van der Waals surface area contributed by atoms with Gasteiger partial charge in [0.2, 0.25) is 11.8 Å². The first-order chi connectivity index (χ1) is 20.3. The molecule has 12 nitrogen and oxygen atoms in total. The molecule has 0 saturated carbocycles. The molecule has 0 unspecified atom stereocenters. The van der Waals surface area contributed by atoms with Crippen molar-refractivity contribution in [3.05, 3.63) is 53.6 Å². The number of benzene rings is 2. The zero-order valence-electron chi connectivity index (χ0n) is 23.7. The molecule has 0 spiro atoms. The van der Waals surface area contributed by atoms with Gasteiger partial charge in [0.05, 0.1) is 36.5 Å². The molecule has 13 heteroatoms. The Morgan fingerprint density at radius 3 is 2.76 bits per heavy atom. The van der Waals surface area contributed by atoms with Gasteiger partial charge in [-0.15, -0.1) is 0 Å². The van der Waals surface area contributed by atoms with Crippen LogP contribution >= 0.6 is 11.3 Å². The molecule has 42 heavy (non-hydrogen) atoms. The standard InChI is InChI=1S/C29H34N8O4S/c1-3-4-13-32-29(40)35(14-12-30)36-18-25(38)37-22(15-19-8-10-21(41-2)11-9-19)27(39)34(17-24(36)37)16-20-6-5-7-23-26(20)33-28(31)42-23/h5-11,22,24H,3-4,13-18H2,1-2H3,(H2,31,33)(H,32,40)/t22-,24+/m0/s1. The van der Waals surface area contributed by atoms with Gasteiger partial charge in [0.25, 0.3) is 0 Å². The van der Waals surface area contributed by atoms with Gasteiger partial charge in [-0.1, -0.05) is 48.9 Å². The number of aromatic nitrogens is 1. The van der Waals surface area contributed by atoms with Crippen LogP contribution in [-0.2, 0) is 22.6 Å². The first-order valence-electron chi connectivity index (χ1n) is 13.9. The van der Waals surface area contributed by atoms with Crippen molar-refractivity contribution >= 4 is 44.5 Å². The molecule has 3 N–H and O–H groups in total. The van der Waals surface area contributed by atoms with E-state index in [9.17, 15) is 19.6 Å². The fraction of sp³-hybridized carbons (Fsp3) is 0.414. The lowest BCUT2D eigenvalue weighted by Crippen LogP contribution is -2.66. The summed E-state index contributed by atoms with van der Waals surface area (Å²) in [7, 11) is 1.58. The predicted octanol–water partition coefficient (Wildman–Crippen LogP) is 2.56. The molecule has 2 aromatic carbocycles. The topological polar surface area (TPSA) is 148 Å². The highest BCUT2D eigenvalue weighted by Gasteiger charge is 2.52. The fourth-order valence-electron chi connectivity index (χ4n) is 5.54. The van der Waals surface area contributed by atoms with Crippen LogP contribution in [0.4, 0.5) is 9.93 Å². The van der Waals surface area contributed by atoms with Crippen LogP contribution in [0.3, 0.4) is 0 Å². The van der Waals surface area contributed by atoms with Crippen molar-refractivity contribution in [3.8, 4) is 11.8 Å². The molecule has 3 aromatic rings. The van der Waals surface area contributed by atoms with E-state index in [4.69, 9.17) is 10.5 Å². The molecule has 0 aliphatic carbocycles. The Labute approximate surface area is 248 Å². The van der Waals surface area contributed by atoms with E-state index in [2.05, 4.69) is 16.4 Å². The van der Waals surface area contributed by atoms with Crippen molar-refractivity contribution in [1.29, 1.82) is 5.26 Å². The number of rotatable bonds is 10. The molecule has 1 aromatic heterocycles. The number of thiazole rings is 1. The van der Waals surface area contributed by atoms with Crippen molar-refractivity contribution in [1.82, 2.24) is 30.1 Å². The third-order valence-electron chi connectivity index (χ3n) is 7.61. The van der Waals surface area contributed by atoms with Crippen LogP contribution in [-0.4, -0.2) is 88.1 Å². The van der Waals surface area contributed by atoms with Crippen molar-refractivity contribution in [3.63, 3.8) is 0 Å². The molecule has 0 radical (unpaired) electrons. The zero-order valence-corrected chi connectivity index (χ0v) is 24.5. The first kappa shape index (κ1) is 29.1. The van der Waals surface area contributed by atoms with E-state index in [1.807, 2.05) is 49.4 Å². The highest BCUT2D eigenvalue weighted by Crippen LogP contribution is 2.32. The number of nitrogens with two attached hydrogens (primary N) is 1. The van der Waals surface area contributed by atoms with Gasteiger partial charge in [0.1, 0.15) is 24.5 Å². The minimum atomic E-state index is -0.804. The van der Waals surface area contributed by atoms with Crippen molar-refractivity contribution in [2.75, 3.05) is 39.0 Å². The largest absolute Gasteiger partial charge is 0.497 e. The van der Waals surface area contributed by atoms with Crippen LogP contribution < -0.4 is 15.8 Å². The number of hydrazine groups is 1. The first-order valence-corrected chi connectivity index (χ1v) is 14.7. The van der Waals surface area contributed by atoms with Crippen LogP contribution in [0.5, 0.6) is 5.75 Å². The van der Waals surface area contributed by atoms with E-state index in [1.54, 1.807) is 21.9 Å². The van der Waals surface area contributed by atoms with Gasteiger partial charge in [-0.3, -0.25) is 9.59 Å². The Balaban J connectivity index is 1.49. The number of carbonyl (C=O) groups is 3. The number of hydrogen-bond acceptors (Lipinski definition) is 9. The molecule has 220 valence electrons. The lowest BCUT2D eigenvalue weighted by atomic mass is 9.99. The summed E-state index contributed by atoms with van der Waals surface area (Å²) in [6.07, 6.45) is 1.34. The number of carbonyl (C=O) groups excluding carboxylic acids is 3. The molecule has 2 atom stereocenters. The molecule has 3 heterocycles. The summed E-state index contributed by atoms with van der Waals surface area (Å²) in [5.74, 6) is 0.218. The number of fused-ring (bicyclic) bond motifs is 2. The Bertz CT molecular complexity index is 1500. The lowest BCUT2D eigenvalue weighted by molar-refractivity contribution is -0.157. The number of unbranched alkanes of at least 4 members (excludes halogenated alkanes) is 1. The zero-order chi connectivity index (χ0) is 29.8. The number of para-hydroxylation sites is 1. The van der Waals surface area contributed by atoms with E-state index < -0.39 is 18.2 Å². The smallest absolute Gasteiger partial charge is 0.333 e. The summed E-state index contributed by atoms with van der Waals surface area (Å²) in [6, 6.07) is 14.0. The molecule has 2 aliphatic rings. The van der Waals surface area contributed by atoms with Gasteiger partial charge in [-0.25, -0.2) is 14.8 Å². The minimum Gasteiger partial charge on any atom is -0.497 e. The van der Waals surface area contributed by atoms with Crippen molar-refractivity contribution < 1.29 is 19.1 Å². The van der Waals surface area contributed by atoms with E-state index in [-0.39, 0.29) is 44.4 Å². The number of urea groups is 1. The second-order valence-corrected chi connectivity index (χ2v) is 11.3. The van der Waals surface area contributed by atoms with E-state index in [0.717, 1.165) is 34.2 Å². The van der Waals surface area contributed by atoms with E-state index in [0.29, 0.717) is 17.4 Å². The molecule has 4 amide bonds. The maximum atomic E-state index is 14.1. The quantitative estimate of drug-likeness (QED) is 0.270. The number of nitriles is 1. The molecular weight excluding hydrogens is 556 g/mol. The molecule has 2 saturated heterocycles. The highest BCUT2D eigenvalue weighted by molar-refractivity contribution is 7.22. The number of hydrogen-bond donors (Lipinski definition) is 2. The average Bonchev–Trinajstić information content (AvgIpc) is 3.53. The summed E-state index contributed by atoms with van der Waals surface area (Å²) in [5, 5.41) is 15.8. The maximum Gasteiger partial charge on any atom is 0.333 e. The second kappa shape index (κ2) is 12.6. The van der Waals surface area contributed by atoms with Crippen LogP contribution in [0, 0.1) is 11.3 Å². The summed E-state index contributed by atoms with van der Waals surface area (Å²) in [5.41, 5.74) is 8.42. The Hall–Kier alpha value is -4.41. The van der Waals surface area contributed by atoms with Gasteiger partial charge in [0.15, 0.2) is 5.13 Å². The number of anilines is 1. The normalized spacial score (nSPS) is 18.7. The minimum absolute atomic E-state index is 0.119. The third kappa shape index (κ3) is 5.81. The number of nitrogens with zero attached hydrogens (tertiary/aromatic N) is 6. The average molecular weight is 591 g/mol. The number of piperazine rings is 1. The van der Waals surface area contributed by atoms with Gasteiger partial charge < -0.3 is 25.6 Å². The van der Waals surface area contributed by atoms with Gasteiger partial charge in [-0.2, -0.15) is 10.3 Å². The predicted molar refractivity (Wildman–Crippen MR) is 158 cm³/mol. The number of amides is 4. The summed E-state index contributed by atoms with van der Waals surface area (Å²) in [6.45, 7) is 2.54. The van der Waals surface area contributed by atoms with Crippen LogP contribution in [0.25, 0.3) is 10.2 Å². The Morgan fingerprint density at radius 1 is 1.26 bits per heavy atom. The third-order valence-corrected chi connectivity index (χ3v) is 8.46. The Morgan fingerprint density at radius 2 is 2.05 bits per heavy atom. The highest BCUT2D eigenvalue weighted by atomic mass is 32.1. The number of nitrogens with one attached hydrogen (secondary N) is 1. The Kier molecular flexibility index (Phi) is 8.75. The van der Waals surface area contributed by atoms with Crippen LogP contribution in [0.2, 0.25) is 0 Å². The van der Waals surface area contributed by atoms with E-state index in [1.165, 1.54) is 16.3 Å². The summed E-state index contributed by atoms with van der Waals surface area (Å²) < 4.78 is 6.20. The van der Waals surface area contributed by atoms with Gasteiger partial charge >= 0.3 is 6.03 Å². The fourth-order valence-corrected chi connectivity index (χ4v) is 6.32. The molecular formula is C29H34N8O4S. The second-order valence-electron chi connectivity index (χ2n) is 10.3. The van der Waals surface area contributed by atoms with Crippen molar-refractivity contribution in [2.45, 2.75) is 44.9 Å². The SMILES string of the molecule is CCCCNC(=O)N(CC#N)N1CC(=O)N2[C@@H](Cc3ccc(OC)cc3)C(=O)N(Cc3cccc4sc(N)nc34)C[C@@H]21. The summed E-state index contributed by atoms with van der Waals surface area (Å²) >= 11 is 1.38.